The van der Waals surface area contributed by atoms with Gasteiger partial charge >= 0.3 is 0 Å². The van der Waals surface area contributed by atoms with E-state index in [1.807, 2.05) is 0 Å². The average molecular weight is 398 g/mol. The maximum atomic E-state index is 13.5. The van der Waals surface area contributed by atoms with Gasteiger partial charge in [-0.15, -0.1) is 0 Å². The number of morpholine rings is 1. The van der Waals surface area contributed by atoms with Crippen LogP contribution in [0.15, 0.2) is 47.5 Å². The summed E-state index contributed by atoms with van der Waals surface area (Å²) in [5, 5.41) is 13.0. The molecule has 0 aromatic heterocycles. The fourth-order valence-corrected chi connectivity index (χ4v) is 3.39. The molecule has 0 aliphatic carbocycles. The number of hydrogen-bond acceptors (Lipinski definition) is 6. The van der Waals surface area contributed by atoms with Gasteiger partial charge in [0.25, 0.3) is 11.8 Å². The molecule has 0 spiro atoms. The second-order valence-electron chi connectivity index (χ2n) is 6.77. The van der Waals surface area contributed by atoms with Crippen molar-refractivity contribution in [2.24, 2.45) is 10.7 Å². The van der Waals surface area contributed by atoms with Crippen LogP contribution in [0.4, 0.5) is 15.8 Å². The Bertz CT molecular complexity index is 1010. The second kappa shape index (κ2) is 7.61. The number of aliphatic imine (C=N–C) groups is 1. The number of carbonyl (C=O) groups excluding carboxylic acids is 2. The number of nitrogens with one attached hydrogen (secondary N) is 1. The molecule has 2 aliphatic heterocycles. The molecular formula is C20H19FN4O4. The van der Waals surface area contributed by atoms with Crippen molar-refractivity contribution >= 4 is 29.0 Å². The predicted molar refractivity (Wildman–Crippen MR) is 104 cm³/mol. The van der Waals surface area contributed by atoms with Gasteiger partial charge in [-0.05, 0) is 42.0 Å². The van der Waals surface area contributed by atoms with Crippen LogP contribution in [-0.2, 0) is 20.9 Å². The second-order valence-corrected chi connectivity index (χ2v) is 6.77. The Morgan fingerprint density at radius 2 is 2.17 bits per heavy atom. The van der Waals surface area contributed by atoms with Gasteiger partial charge in [0.1, 0.15) is 11.7 Å². The van der Waals surface area contributed by atoms with Gasteiger partial charge in [-0.2, -0.15) is 0 Å². The highest BCUT2D eigenvalue weighted by atomic mass is 19.1. The Hall–Kier alpha value is -3.30. The summed E-state index contributed by atoms with van der Waals surface area (Å²) in [5.74, 6) is -1.44. The number of aliphatic hydroxyl groups excluding tert-OH is 1. The zero-order valence-corrected chi connectivity index (χ0v) is 15.3. The molecule has 2 atom stereocenters. The average Bonchev–Trinajstić information content (AvgIpc) is 3.08. The third-order valence-corrected chi connectivity index (χ3v) is 4.87. The molecule has 4 N–H and O–H groups in total. The number of aliphatic hydroxyl groups is 1. The lowest BCUT2D eigenvalue weighted by atomic mass is 10.1. The van der Waals surface area contributed by atoms with E-state index in [9.17, 15) is 19.1 Å². The molecule has 9 heteroatoms. The predicted octanol–water partition coefficient (Wildman–Crippen LogP) is 0.776. The van der Waals surface area contributed by atoms with E-state index in [-0.39, 0.29) is 13.2 Å². The molecule has 4 rings (SSSR count). The van der Waals surface area contributed by atoms with Gasteiger partial charge in [0.2, 0.25) is 0 Å². The maximum Gasteiger partial charge on any atom is 0.259 e. The Morgan fingerprint density at radius 3 is 2.97 bits per heavy atom. The normalized spacial score (nSPS) is 19.5. The van der Waals surface area contributed by atoms with E-state index in [1.54, 1.807) is 24.3 Å². The number of halogens is 1. The molecule has 2 aromatic carbocycles. The monoisotopic (exact) mass is 398 g/mol. The Kier molecular flexibility index (Phi) is 4.99. The Balaban J connectivity index is 1.46. The summed E-state index contributed by atoms with van der Waals surface area (Å²) in [5.41, 5.74) is 8.22. The zero-order chi connectivity index (χ0) is 20.5. The van der Waals surface area contributed by atoms with Crippen LogP contribution < -0.4 is 16.0 Å². The topological polar surface area (TPSA) is 117 Å². The molecule has 2 heterocycles. The Labute approximate surface area is 165 Å². The quantitative estimate of drug-likeness (QED) is 0.704. The highest BCUT2D eigenvalue weighted by Crippen LogP contribution is 2.23. The van der Waals surface area contributed by atoms with Gasteiger partial charge in [-0.25, -0.2) is 4.39 Å². The highest BCUT2D eigenvalue weighted by Gasteiger charge is 2.39. The maximum absolute atomic E-state index is 13.5. The minimum absolute atomic E-state index is 0.104. The molecule has 2 aromatic rings. The van der Waals surface area contributed by atoms with Crippen molar-refractivity contribution in [2.75, 3.05) is 23.4 Å². The van der Waals surface area contributed by atoms with Gasteiger partial charge in [-0.1, -0.05) is 6.07 Å². The van der Waals surface area contributed by atoms with Crippen LogP contribution in [0.5, 0.6) is 0 Å². The first kappa shape index (κ1) is 19.0. The summed E-state index contributed by atoms with van der Waals surface area (Å²) < 4.78 is 18.8. The van der Waals surface area contributed by atoms with Crippen molar-refractivity contribution in [2.45, 2.75) is 18.8 Å². The summed E-state index contributed by atoms with van der Waals surface area (Å²) in [6.45, 7) is 0.715. The van der Waals surface area contributed by atoms with Gasteiger partial charge in [0.15, 0.2) is 12.2 Å². The number of amides is 2. The molecule has 8 nitrogen and oxygen atoms in total. The number of fused-ring (bicyclic) bond motifs is 1. The lowest BCUT2D eigenvalue weighted by Crippen LogP contribution is -2.55. The number of hydrogen-bond donors (Lipinski definition) is 3. The smallest absolute Gasteiger partial charge is 0.259 e. The molecule has 0 bridgehead atoms. The molecular weight excluding hydrogens is 379 g/mol. The summed E-state index contributed by atoms with van der Waals surface area (Å²) in [7, 11) is 0. The number of nitrogens with zero attached hydrogens (tertiary/aromatic N) is 2. The van der Waals surface area contributed by atoms with Gasteiger partial charge in [-0.3, -0.25) is 14.6 Å². The summed E-state index contributed by atoms with van der Waals surface area (Å²) in [6.07, 6.45) is -3.12. The standard InChI is InChI=1S/C20H19FN4O4/c21-12-2-1-3-14(9-12)25-6-7-29-17(20(25)28)16(26)19(27)24-13-4-5-15-11(8-13)10-23-18(15)22/h1-5,8-9,16-17,26H,6-7,10H2,(H2,22,23)(H,24,27). The minimum atomic E-state index is -1.73. The van der Waals surface area contributed by atoms with E-state index in [4.69, 9.17) is 10.5 Å². The molecule has 1 fully saturated rings. The van der Waals surface area contributed by atoms with Crippen molar-refractivity contribution < 1.29 is 23.8 Å². The van der Waals surface area contributed by atoms with Crippen LogP contribution in [0.3, 0.4) is 0 Å². The van der Waals surface area contributed by atoms with Crippen molar-refractivity contribution in [3.05, 3.63) is 59.4 Å². The lowest BCUT2D eigenvalue weighted by Gasteiger charge is -2.34. The fraction of sp³-hybridized carbons (Fsp3) is 0.250. The van der Waals surface area contributed by atoms with Crippen molar-refractivity contribution in [3.63, 3.8) is 0 Å². The number of nitrogens with two attached hydrogens (primary N) is 1. The largest absolute Gasteiger partial charge is 0.383 e. The van der Waals surface area contributed by atoms with Crippen LogP contribution in [0.1, 0.15) is 11.1 Å². The number of rotatable bonds is 4. The first-order chi connectivity index (χ1) is 13.9. The molecule has 1 saturated heterocycles. The minimum Gasteiger partial charge on any atom is -0.383 e. The van der Waals surface area contributed by atoms with Gasteiger partial charge < -0.3 is 25.8 Å². The van der Waals surface area contributed by atoms with Crippen molar-refractivity contribution in [1.29, 1.82) is 0 Å². The number of amidine groups is 1. The third kappa shape index (κ3) is 3.69. The van der Waals surface area contributed by atoms with E-state index in [0.29, 0.717) is 23.8 Å². The van der Waals surface area contributed by atoms with E-state index >= 15 is 0 Å². The molecule has 0 saturated carbocycles. The number of anilines is 2. The molecule has 2 amide bonds. The van der Waals surface area contributed by atoms with Crippen molar-refractivity contribution in [3.8, 4) is 0 Å². The molecule has 2 aliphatic rings. The van der Waals surface area contributed by atoms with Crippen LogP contribution >= 0.6 is 0 Å². The molecule has 150 valence electrons. The number of ether oxygens (including phenoxy) is 1. The van der Waals surface area contributed by atoms with Crippen LogP contribution in [-0.4, -0.2) is 48.1 Å². The van der Waals surface area contributed by atoms with Crippen LogP contribution in [0, 0.1) is 5.82 Å². The highest BCUT2D eigenvalue weighted by molar-refractivity contribution is 6.04. The van der Waals surface area contributed by atoms with E-state index in [0.717, 1.165) is 11.1 Å². The van der Waals surface area contributed by atoms with E-state index in [2.05, 4.69) is 10.3 Å². The third-order valence-electron chi connectivity index (χ3n) is 4.87. The van der Waals surface area contributed by atoms with Gasteiger partial charge in [0.05, 0.1) is 13.2 Å². The number of carbonyl (C=O) groups is 2. The van der Waals surface area contributed by atoms with Crippen LogP contribution in [0.2, 0.25) is 0 Å². The molecule has 2 unspecified atom stereocenters. The fourth-order valence-electron chi connectivity index (χ4n) is 3.39. The Morgan fingerprint density at radius 1 is 1.34 bits per heavy atom. The molecule has 29 heavy (non-hydrogen) atoms. The summed E-state index contributed by atoms with van der Waals surface area (Å²) in [4.78, 5) is 30.6. The molecule has 0 radical (unpaired) electrons. The van der Waals surface area contributed by atoms with E-state index in [1.165, 1.54) is 23.1 Å². The number of benzene rings is 2. The lowest BCUT2D eigenvalue weighted by molar-refractivity contribution is -0.150. The first-order valence-corrected chi connectivity index (χ1v) is 9.05. The first-order valence-electron chi connectivity index (χ1n) is 9.05. The van der Waals surface area contributed by atoms with Crippen molar-refractivity contribution in [1.82, 2.24) is 0 Å². The summed E-state index contributed by atoms with van der Waals surface area (Å²) in [6, 6.07) is 10.6. The summed E-state index contributed by atoms with van der Waals surface area (Å²) >= 11 is 0. The zero-order valence-electron chi connectivity index (χ0n) is 15.3. The van der Waals surface area contributed by atoms with Gasteiger partial charge in [0, 0.05) is 23.5 Å². The van der Waals surface area contributed by atoms with E-state index < -0.39 is 29.8 Å². The SMILES string of the molecule is NC1=NCc2cc(NC(=O)C(O)C3OCCN(c4cccc(F)c4)C3=O)ccc21. The van der Waals surface area contributed by atoms with Crippen LogP contribution in [0.25, 0.3) is 0 Å².